The van der Waals surface area contributed by atoms with Crippen molar-refractivity contribution in [2.24, 2.45) is 7.05 Å². The molecule has 0 aliphatic rings. The highest BCUT2D eigenvalue weighted by Crippen LogP contribution is 2.18. The van der Waals surface area contributed by atoms with E-state index in [1.165, 1.54) is 17.0 Å². The molecule has 1 aromatic heterocycles. The van der Waals surface area contributed by atoms with E-state index in [0.29, 0.717) is 18.7 Å². The molecule has 1 amide bonds. The summed E-state index contributed by atoms with van der Waals surface area (Å²) in [6.45, 7) is 0.458. The fraction of sp³-hybridized carbons (Fsp3) is 0.200. The fourth-order valence-electron chi connectivity index (χ4n) is 2.65. The summed E-state index contributed by atoms with van der Waals surface area (Å²) in [4.78, 5) is 25.3. The predicted octanol–water partition coefficient (Wildman–Crippen LogP) is 2.90. The second-order valence-corrected chi connectivity index (χ2v) is 6.15. The Labute approximate surface area is 162 Å². The first-order chi connectivity index (χ1) is 13.5. The van der Waals surface area contributed by atoms with Gasteiger partial charge < -0.3 is 14.4 Å². The molecule has 8 nitrogen and oxygen atoms in total. The van der Waals surface area contributed by atoms with Gasteiger partial charge in [0.2, 0.25) is 0 Å². The summed E-state index contributed by atoms with van der Waals surface area (Å²) >= 11 is 0. The largest absolute Gasteiger partial charge is 0.478 e. The molecule has 0 spiro atoms. The lowest BCUT2D eigenvalue weighted by Crippen LogP contribution is -2.33. The zero-order valence-electron chi connectivity index (χ0n) is 15.4. The Hall–Kier alpha value is -3.68. The van der Waals surface area contributed by atoms with Gasteiger partial charge in [0.1, 0.15) is 18.8 Å². The van der Waals surface area contributed by atoms with E-state index in [1.54, 1.807) is 23.0 Å². The number of hydrogen-bond donors (Lipinski definition) is 1. The fourth-order valence-corrected chi connectivity index (χ4v) is 2.65. The molecular formula is C20H20N4O4. The first-order valence-corrected chi connectivity index (χ1v) is 8.69. The van der Waals surface area contributed by atoms with Gasteiger partial charge in [-0.25, -0.2) is 9.59 Å². The number of amides is 1. The van der Waals surface area contributed by atoms with Crippen LogP contribution in [0.3, 0.4) is 0 Å². The van der Waals surface area contributed by atoms with Crippen molar-refractivity contribution in [1.82, 2.24) is 14.8 Å². The van der Waals surface area contributed by atoms with Crippen LogP contribution in [0.25, 0.3) is 0 Å². The van der Waals surface area contributed by atoms with Crippen molar-refractivity contribution in [1.29, 1.82) is 0 Å². The SMILES string of the molecule is Cn1cnnc1CCN(C(=O)OCc1ccccc1)c1ccc(C(=O)O)cc1. The first kappa shape index (κ1) is 19.1. The zero-order chi connectivity index (χ0) is 19.9. The van der Waals surface area contributed by atoms with Crippen LogP contribution >= 0.6 is 0 Å². The molecule has 3 aromatic rings. The Morgan fingerprint density at radius 1 is 1.11 bits per heavy atom. The van der Waals surface area contributed by atoms with Crippen LogP contribution < -0.4 is 4.90 Å². The molecule has 0 fully saturated rings. The van der Waals surface area contributed by atoms with Gasteiger partial charge in [0.05, 0.1) is 5.56 Å². The third-order valence-electron chi connectivity index (χ3n) is 4.22. The van der Waals surface area contributed by atoms with E-state index in [4.69, 9.17) is 9.84 Å². The number of aryl methyl sites for hydroxylation is 1. The lowest BCUT2D eigenvalue weighted by atomic mass is 10.2. The van der Waals surface area contributed by atoms with Crippen molar-refractivity contribution in [2.45, 2.75) is 13.0 Å². The van der Waals surface area contributed by atoms with Crippen molar-refractivity contribution < 1.29 is 19.4 Å². The average molecular weight is 380 g/mol. The van der Waals surface area contributed by atoms with Crippen LogP contribution in [0.2, 0.25) is 0 Å². The molecular weight excluding hydrogens is 360 g/mol. The molecule has 8 heteroatoms. The number of carboxylic acids is 1. The topological polar surface area (TPSA) is 97.5 Å². The van der Waals surface area contributed by atoms with Crippen LogP contribution in [0.1, 0.15) is 21.7 Å². The molecule has 1 N–H and O–H groups in total. The number of nitrogens with zero attached hydrogens (tertiary/aromatic N) is 4. The minimum absolute atomic E-state index is 0.146. The van der Waals surface area contributed by atoms with Gasteiger partial charge in [-0.2, -0.15) is 0 Å². The summed E-state index contributed by atoms with van der Waals surface area (Å²) in [5.74, 6) is -0.299. The Balaban J connectivity index is 1.75. The first-order valence-electron chi connectivity index (χ1n) is 8.69. The van der Waals surface area contributed by atoms with Gasteiger partial charge in [-0.1, -0.05) is 30.3 Å². The molecule has 0 aliphatic carbocycles. The second-order valence-electron chi connectivity index (χ2n) is 6.15. The standard InChI is InChI=1S/C20H20N4O4/c1-23-14-21-22-18(23)11-12-24(17-9-7-16(8-10-17)19(25)26)20(27)28-13-15-5-3-2-4-6-15/h2-10,14H,11-13H2,1H3,(H,25,26). The normalized spacial score (nSPS) is 10.5. The van der Waals surface area contributed by atoms with Crippen LogP contribution in [0, 0.1) is 0 Å². The number of carboxylic acid groups (broad SMARTS) is 1. The van der Waals surface area contributed by atoms with Gasteiger partial charge in [-0.05, 0) is 29.8 Å². The van der Waals surface area contributed by atoms with E-state index in [9.17, 15) is 9.59 Å². The number of ether oxygens (including phenoxy) is 1. The summed E-state index contributed by atoms with van der Waals surface area (Å²) < 4.78 is 7.23. The summed E-state index contributed by atoms with van der Waals surface area (Å²) in [7, 11) is 1.83. The number of rotatable bonds is 7. The third kappa shape index (κ3) is 4.73. The number of benzene rings is 2. The summed E-state index contributed by atoms with van der Waals surface area (Å²) in [6.07, 6.45) is 1.54. The number of hydrogen-bond acceptors (Lipinski definition) is 5. The van der Waals surface area contributed by atoms with E-state index in [-0.39, 0.29) is 12.2 Å². The quantitative estimate of drug-likeness (QED) is 0.677. The maximum atomic E-state index is 12.7. The molecule has 3 rings (SSSR count). The molecule has 1 heterocycles. The Morgan fingerprint density at radius 3 is 2.43 bits per heavy atom. The van der Waals surface area contributed by atoms with E-state index in [1.807, 2.05) is 37.4 Å². The Bertz CT molecular complexity index is 938. The lowest BCUT2D eigenvalue weighted by molar-refractivity contribution is 0.0697. The minimum Gasteiger partial charge on any atom is -0.478 e. The van der Waals surface area contributed by atoms with Crippen molar-refractivity contribution in [2.75, 3.05) is 11.4 Å². The number of aromatic carboxylic acids is 1. The van der Waals surface area contributed by atoms with E-state index in [0.717, 1.165) is 11.4 Å². The maximum Gasteiger partial charge on any atom is 0.414 e. The predicted molar refractivity (Wildman–Crippen MR) is 102 cm³/mol. The van der Waals surface area contributed by atoms with Gasteiger partial charge >= 0.3 is 12.1 Å². The third-order valence-corrected chi connectivity index (χ3v) is 4.22. The highest BCUT2D eigenvalue weighted by atomic mass is 16.6. The van der Waals surface area contributed by atoms with Crippen LogP contribution in [0.4, 0.5) is 10.5 Å². The number of aromatic nitrogens is 3. The maximum absolute atomic E-state index is 12.7. The zero-order valence-corrected chi connectivity index (χ0v) is 15.4. The molecule has 0 saturated carbocycles. The number of carbonyl (C=O) groups excluding carboxylic acids is 1. The van der Waals surface area contributed by atoms with Gasteiger partial charge in [0.15, 0.2) is 0 Å². The molecule has 0 radical (unpaired) electrons. The highest BCUT2D eigenvalue weighted by molar-refractivity contribution is 5.90. The molecule has 0 unspecified atom stereocenters. The summed E-state index contributed by atoms with van der Waals surface area (Å²) in [5.41, 5.74) is 1.57. The molecule has 0 atom stereocenters. The summed E-state index contributed by atoms with van der Waals surface area (Å²) in [5, 5.41) is 16.9. The van der Waals surface area contributed by atoms with E-state index in [2.05, 4.69) is 10.2 Å². The smallest absolute Gasteiger partial charge is 0.414 e. The van der Waals surface area contributed by atoms with Crippen LogP contribution in [0.15, 0.2) is 60.9 Å². The number of anilines is 1. The minimum atomic E-state index is -1.02. The van der Waals surface area contributed by atoms with Crippen molar-refractivity contribution >= 4 is 17.7 Å². The molecule has 0 saturated heterocycles. The van der Waals surface area contributed by atoms with Crippen molar-refractivity contribution in [3.05, 3.63) is 77.9 Å². The van der Waals surface area contributed by atoms with E-state index < -0.39 is 12.1 Å². The summed E-state index contributed by atoms with van der Waals surface area (Å²) in [6, 6.07) is 15.5. The van der Waals surface area contributed by atoms with Crippen molar-refractivity contribution in [3.8, 4) is 0 Å². The molecule has 2 aromatic carbocycles. The van der Waals surface area contributed by atoms with Crippen molar-refractivity contribution in [3.63, 3.8) is 0 Å². The molecule has 28 heavy (non-hydrogen) atoms. The van der Waals surface area contributed by atoms with Gasteiger partial charge in [-0.3, -0.25) is 4.90 Å². The lowest BCUT2D eigenvalue weighted by Gasteiger charge is -2.22. The van der Waals surface area contributed by atoms with Gasteiger partial charge in [-0.15, -0.1) is 10.2 Å². The molecule has 0 bridgehead atoms. The monoisotopic (exact) mass is 380 g/mol. The Morgan fingerprint density at radius 2 is 1.82 bits per heavy atom. The van der Waals surface area contributed by atoms with Gasteiger partial charge in [0, 0.05) is 25.7 Å². The van der Waals surface area contributed by atoms with Crippen LogP contribution in [-0.4, -0.2) is 38.5 Å². The molecule has 0 aliphatic heterocycles. The van der Waals surface area contributed by atoms with Gasteiger partial charge in [0.25, 0.3) is 0 Å². The van der Waals surface area contributed by atoms with Crippen LogP contribution in [-0.2, 0) is 24.8 Å². The highest BCUT2D eigenvalue weighted by Gasteiger charge is 2.19. The number of carbonyl (C=O) groups is 2. The van der Waals surface area contributed by atoms with E-state index >= 15 is 0 Å². The molecule has 144 valence electrons. The van der Waals surface area contributed by atoms with Crippen LogP contribution in [0.5, 0.6) is 0 Å². The average Bonchev–Trinajstić information content (AvgIpc) is 3.12. The Kier molecular flexibility index (Phi) is 6.01. The second kappa shape index (κ2) is 8.81.